The topological polar surface area (TPSA) is 53.5 Å². The molecule has 2 heterocycles. The molecule has 2 aliphatic rings. The summed E-state index contributed by atoms with van der Waals surface area (Å²) in [5.74, 6) is -0.418. The molecule has 1 aromatic carbocycles. The number of carbonyl (C=O) groups is 2. The zero-order chi connectivity index (χ0) is 18.8. The summed E-state index contributed by atoms with van der Waals surface area (Å²) in [5.41, 5.74) is 3.52. The van der Waals surface area contributed by atoms with Gasteiger partial charge < -0.3 is 0 Å². The molecule has 0 bridgehead atoms. The first-order valence-corrected chi connectivity index (χ1v) is 9.41. The second-order valence-corrected chi connectivity index (χ2v) is 7.13. The average molecular weight is 361 g/mol. The summed E-state index contributed by atoms with van der Waals surface area (Å²) >= 11 is 0. The number of hydrogen-bond donors (Lipinski definition) is 0. The van der Waals surface area contributed by atoms with E-state index >= 15 is 0 Å². The van der Waals surface area contributed by atoms with Crippen LogP contribution >= 0.6 is 0 Å². The highest BCUT2D eigenvalue weighted by molar-refractivity contribution is 6.21. The molecule has 0 spiro atoms. The van der Waals surface area contributed by atoms with E-state index in [-0.39, 0.29) is 11.8 Å². The van der Waals surface area contributed by atoms with Crippen molar-refractivity contribution in [1.29, 1.82) is 0 Å². The molecule has 4 rings (SSSR count). The summed E-state index contributed by atoms with van der Waals surface area (Å²) in [4.78, 5) is 32.9. The van der Waals surface area contributed by atoms with Gasteiger partial charge in [-0.1, -0.05) is 30.4 Å². The third-order valence-corrected chi connectivity index (χ3v) is 5.42. The lowest BCUT2D eigenvalue weighted by molar-refractivity contribution is 0.0672. The molecule has 2 amide bonds. The third-order valence-electron chi connectivity index (χ3n) is 5.42. The number of hydrogen-bond acceptors (Lipinski definition) is 4. The molecule has 1 aliphatic carbocycles. The Hall–Kier alpha value is -2.79. The van der Waals surface area contributed by atoms with Crippen LogP contribution in [0.25, 0.3) is 0 Å². The summed E-state index contributed by atoms with van der Waals surface area (Å²) in [6.45, 7) is 1.06. The van der Waals surface area contributed by atoms with Crippen LogP contribution in [-0.4, -0.2) is 46.7 Å². The van der Waals surface area contributed by atoms with E-state index in [2.05, 4.69) is 23.0 Å². The first-order valence-electron chi connectivity index (χ1n) is 9.41. The third kappa shape index (κ3) is 3.30. The molecule has 2 aromatic rings. The highest BCUT2D eigenvalue weighted by Crippen LogP contribution is 2.31. The number of fused-ring (bicyclic) bond motifs is 2. The molecule has 0 radical (unpaired) electrons. The van der Waals surface area contributed by atoms with Crippen molar-refractivity contribution in [2.24, 2.45) is 0 Å². The summed E-state index contributed by atoms with van der Waals surface area (Å²) < 4.78 is 0. The quantitative estimate of drug-likeness (QED) is 0.606. The molecule has 27 heavy (non-hydrogen) atoms. The molecule has 138 valence electrons. The van der Waals surface area contributed by atoms with Gasteiger partial charge in [-0.05, 0) is 50.1 Å². The predicted octanol–water partition coefficient (Wildman–Crippen LogP) is 3.24. The van der Waals surface area contributed by atoms with Crippen LogP contribution in [-0.2, 0) is 6.42 Å². The second kappa shape index (κ2) is 7.45. The molecular weight excluding hydrogens is 338 g/mol. The Morgan fingerprint density at radius 2 is 1.85 bits per heavy atom. The minimum Gasteiger partial charge on any atom is -0.294 e. The Kier molecular flexibility index (Phi) is 4.86. The largest absolute Gasteiger partial charge is 0.294 e. The molecule has 5 heteroatoms. The highest BCUT2D eigenvalue weighted by atomic mass is 16.2. The van der Waals surface area contributed by atoms with E-state index in [0.29, 0.717) is 23.7 Å². The van der Waals surface area contributed by atoms with Gasteiger partial charge in [0.25, 0.3) is 11.8 Å². The number of amides is 2. The van der Waals surface area contributed by atoms with E-state index in [1.807, 2.05) is 24.4 Å². The summed E-state index contributed by atoms with van der Waals surface area (Å²) in [6, 6.07) is 11.5. The summed E-state index contributed by atoms with van der Waals surface area (Å²) in [5, 5.41) is 0. The number of likely N-dealkylation sites (N-methyl/N-ethyl adjacent to an activating group) is 1. The Morgan fingerprint density at radius 1 is 1.11 bits per heavy atom. The number of aromatic nitrogens is 1. The van der Waals surface area contributed by atoms with Crippen molar-refractivity contribution in [2.75, 3.05) is 20.1 Å². The van der Waals surface area contributed by atoms with Crippen molar-refractivity contribution in [1.82, 2.24) is 14.8 Å². The zero-order valence-corrected chi connectivity index (χ0v) is 15.5. The van der Waals surface area contributed by atoms with Gasteiger partial charge in [-0.25, -0.2) is 0 Å². The fourth-order valence-corrected chi connectivity index (χ4v) is 3.97. The number of carbonyl (C=O) groups excluding carboxylic acids is 2. The number of benzene rings is 1. The first kappa shape index (κ1) is 17.6. The van der Waals surface area contributed by atoms with Crippen LogP contribution in [0.15, 0.2) is 54.7 Å². The van der Waals surface area contributed by atoms with E-state index in [4.69, 9.17) is 0 Å². The van der Waals surface area contributed by atoms with Gasteiger partial charge in [-0.3, -0.25) is 24.4 Å². The maximum Gasteiger partial charge on any atom is 0.261 e. The maximum atomic E-state index is 12.4. The van der Waals surface area contributed by atoms with Crippen LogP contribution in [0, 0.1) is 0 Å². The van der Waals surface area contributed by atoms with Gasteiger partial charge in [0, 0.05) is 19.3 Å². The highest BCUT2D eigenvalue weighted by Gasteiger charge is 2.34. The van der Waals surface area contributed by atoms with Crippen molar-refractivity contribution in [2.45, 2.75) is 25.3 Å². The fourth-order valence-electron chi connectivity index (χ4n) is 3.97. The number of imide groups is 1. The number of rotatable bonds is 5. The fraction of sp³-hybridized carbons (Fsp3) is 0.318. The van der Waals surface area contributed by atoms with Crippen LogP contribution in [0.4, 0.5) is 0 Å². The van der Waals surface area contributed by atoms with Crippen LogP contribution in [0.1, 0.15) is 50.9 Å². The van der Waals surface area contributed by atoms with Gasteiger partial charge in [-0.2, -0.15) is 0 Å². The number of aryl methyl sites for hydroxylation is 1. The van der Waals surface area contributed by atoms with Crippen molar-refractivity contribution < 1.29 is 9.59 Å². The molecular formula is C22H23N3O2. The normalized spacial score (nSPS) is 19.0. The summed E-state index contributed by atoms with van der Waals surface area (Å²) in [6.07, 6.45) is 9.17. The van der Waals surface area contributed by atoms with Gasteiger partial charge in [-0.15, -0.1) is 0 Å². The standard InChI is InChI=1S/C22H23N3O2/c1-24(19-12-6-8-16-9-7-13-23-20(16)19)14-4-5-15-25-21(26)17-10-2-3-11-18(17)22(25)27/h2-5,7,9-11,13,19H,6,8,12,14-15H2,1H3/b5-4-/t19-/m0/s1. The average Bonchev–Trinajstić information content (AvgIpc) is 2.95. The van der Waals surface area contributed by atoms with Gasteiger partial charge in [0.15, 0.2) is 0 Å². The summed E-state index contributed by atoms with van der Waals surface area (Å²) in [7, 11) is 2.10. The van der Waals surface area contributed by atoms with Gasteiger partial charge >= 0.3 is 0 Å². The molecule has 0 fully saturated rings. The van der Waals surface area contributed by atoms with Crippen molar-refractivity contribution >= 4 is 11.8 Å². The van der Waals surface area contributed by atoms with Crippen molar-refractivity contribution in [3.63, 3.8) is 0 Å². The SMILES string of the molecule is CN(C/C=C\CN1C(=O)c2ccccc2C1=O)[C@H]1CCCc2cccnc21. The van der Waals surface area contributed by atoms with E-state index in [1.165, 1.54) is 22.6 Å². The monoisotopic (exact) mass is 361 g/mol. The predicted molar refractivity (Wildman–Crippen MR) is 103 cm³/mol. The number of pyridine rings is 1. The molecule has 0 N–H and O–H groups in total. The minimum atomic E-state index is -0.209. The van der Waals surface area contributed by atoms with Crippen molar-refractivity contribution in [3.8, 4) is 0 Å². The van der Waals surface area contributed by atoms with Crippen LogP contribution in [0.3, 0.4) is 0 Å². The Balaban J connectivity index is 1.37. The molecule has 0 unspecified atom stereocenters. The Bertz CT molecular complexity index is 871. The van der Waals surface area contributed by atoms with Gasteiger partial charge in [0.05, 0.1) is 22.9 Å². The number of nitrogens with zero attached hydrogens (tertiary/aromatic N) is 3. The lowest BCUT2D eigenvalue weighted by Gasteiger charge is -2.31. The van der Waals surface area contributed by atoms with Crippen molar-refractivity contribution in [3.05, 3.63) is 77.1 Å². The van der Waals surface area contributed by atoms with E-state index in [9.17, 15) is 9.59 Å². The Labute approximate surface area is 159 Å². The molecule has 0 saturated carbocycles. The van der Waals surface area contributed by atoms with Crippen LogP contribution in [0.5, 0.6) is 0 Å². The lowest BCUT2D eigenvalue weighted by Crippen LogP contribution is -2.30. The Morgan fingerprint density at radius 3 is 2.59 bits per heavy atom. The van der Waals surface area contributed by atoms with Crippen LogP contribution in [0.2, 0.25) is 0 Å². The molecule has 1 atom stereocenters. The van der Waals surface area contributed by atoms with Gasteiger partial charge in [0.2, 0.25) is 0 Å². The second-order valence-electron chi connectivity index (χ2n) is 7.13. The molecule has 1 aliphatic heterocycles. The minimum absolute atomic E-state index is 0.209. The van der Waals surface area contributed by atoms with E-state index < -0.39 is 0 Å². The smallest absolute Gasteiger partial charge is 0.261 e. The maximum absolute atomic E-state index is 12.4. The first-order chi connectivity index (χ1) is 13.2. The van der Waals surface area contributed by atoms with Gasteiger partial charge in [0.1, 0.15) is 0 Å². The zero-order valence-electron chi connectivity index (χ0n) is 15.5. The van der Waals surface area contributed by atoms with E-state index in [1.54, 1.807) is 24.3 Å². The molecule has 0 saturated heterocycles. The van der Waals surface area contributed by atoms with Crippen LogP contribution < -0.4 is 0 Å². The lowest BCUT2D eigenvalue weighted by atomic mass is 9.91. The molecule has 5 nitrogen and oxygen atoms in total. The molecule has 1 aromatic heterocycles. The van der Waals surface area contributed by atoms with E-state index in [0.717, 1.165) is 19.4 Å².